The third kappa shape index (κ3) is 3.19. The highest BCUT2D eigenvalue weighted by molar-refractivity contribution is 6.30. The topological polar surface area (TPSA) is 72.5 Å². The number of benzene rings is 2. The van der Waals surface area contributed by atoms with E-state index in [1.165, 1.54) is 30.3 Å². The van der Waals surface area contributed by atoms with Crippen LogP contribution in [0.3, 0.4) is 0 Å². The molecule has 0 fully saturated rings. The van der Waals surface area contributed by atoms with Crippen molar-refractivity contribution in [3.63, 3.8) is 0 Å². The van der Waals surface area contributed by atoms with E-state index in [2.05, 4.69) is 0 Å². The van der Waals surface area contributed by atoms with Gasteiger partial charge in [-0.05, 0) is 24.3 Å². The Balaban J connectivity index is 2.11. The third-order valence-corrected chi connectivity index (χ3v) is 2.90. The van der Waals surface area contributed by atoms with Crippen molar-refractivity contribution in [3.05, 3.63) is 58.4 Å². The van der Waals surface area contributed by atoms with Crippen LogP contribution in [0, 0.1) is 5.82 Å². The molecule has 104 valence electrons. The number of halogens is 2. The zero-order chi connectivity index (χ0) is 14.7. The van der Waals surface area contributed by atoms with Gasteiger partial charge in [0, 0.05) is 22.3 Å². The summed E-state index contributed by atoms with van der Waals surface area (Å²) in [5.74, 6) is -1.22. The predicted octanol–water partition coefficient (Wildman–Crippen LogP) is 3.34. The Bertz CT molecular complexity index is 661. The Morgan fingerprint density at radius 3 is 2.65 bits per heavy atom. The Morgan fingerprint density at radius 2 is 2.05 bits per heavy atom. The first-order chi connectivity index (χ1) is 9.47. The van der Waals surface area contributed by atoms with Crippen molar-refractivity contribution in [3.8, 4) is 5.75 Å². The summed E-state index contributed by atoms with van der Waals surface area (Å²) in [7, 11) is 0. The van der Waals surface area contributed by atoms with E-state index in [1.54, 1.807) is 6.07 Å². The van der Waals surface area contributed by atoms with Gasteiger partial charge >= 0.3 is 5.97 Å². The Hall–Kier alpha value is -2.27. The van der Waals surface area contributed by atoms with Crippen LogP contribution in [-0.2, 0) is 6.61 Å². The second-order valence-electron chi connectivity index (χ2n) is 4.08. The molecule has 0 atom stereocenters. The van der Waals surface area contributed by atoms with Gasteiger partial charge in [-0.25, -0.2) is 9.18 Å². The van der Waals surface area contributed by atoms with E-state index < -0.39 is 11.8 Å². The van der Waals surface area contributed by atoms with Gasteiger partial charge in [0.1, 0.15) is 18.2 Å². The van der Waals surface area contributed by atoms with E-state index in [0.29, 0.717) is 16.3 Å². The number of anilines is 1. The van der Waals surface area contributed by atoms with Crippen LogP contribution in [0.1, 0.15) is 15.9 Å². The summed E-state index contributed by atoms with van der Waals surface area (Å²) in [6.45, 7) is -0.00510. The molecule has 0 bridgehead atoms. The highest BCUT2D eigenvalue weighted by atomic mass is 35.5. The van der Waals surface area contributed by atoms with Gasteiger partial charge in [-0.1, -0.05) is 17.7 Å². The number of nitrogen functional groups attached to an aromatic ring is 1. The average Bonchev–Trinajstić information content (AvgIpc) is 2.37. The molecule has 2 aromatic carbocycles. The molecule has 0 heterocycles. The molecule has 0 amide bonds. The lowest BCUT2D eigenvalue weighted by Crippen LogP contribution is -2.03. The first-order valence-electron chi connectivity index (χ1n) is 5.67. The lowest BCUT2D eigenvalue weighted by Gasteiger charge is -2.09. The summed E-state index contributed by atoms with van der Waals surface area (Å²) in [4.78, 5) is 10.8. The highest BCUT2D eigenvalue weighted by Crippen LogP contribution is 2.22. The lowest BCUT2D eigenvalue weighted by atomic mass is 10.2. The fourth-order valence-electron chi connectivity index (χ4n) is 1.63. The number of hydrogen-bond donors (Lipinski definition) is 2. The van der Waals surface area contributed by atoms with E-state index in [-0.39, 0.29) is 17.9 Å². The molecular weight excluding hydrogens is 285 g/mol. The van der Waals surface area contributed by atoms with Gasteiger partial charge in [-0.15, -0.1) is 0 Å². The standard InChI is InChI=1S/C14H11ClFNO3/c15-9-2-1-8(12(16)5-9)7-20-10-3-4-11(14(18)19)13(17)6-10/h1-6H,7,17H2,(H,18,19). The normalized spacial score (nSPS) is 10.3. The Morgan fingerprint density at radius 1 is 1.30 bits per heavy atom. The van der Waals surface area contributed by atoms with E-state index in [1.807, 2.05) is 0 Å². The van der Waals surface area contributed by atoms with Crippen LogP contribution < -0.4 is 10.5 Å². The van der Waals surface area contributed by atoms with Crippen LogP contribution in [0.15, 0.2) is 36.4 Å². The molecule has 2 rings (SSSR count). The van der Waals surface area contributed by atoms with Gasteiger partial charge in [0.15, 0.2) is 0 Å². The summed E-state index contributed by atoms with van der Waals surface area (Å²) in [5.41, 5.74) is 6.02. The van der Waals surface area contributed by atoms with Crippen molar-refractivity contribution in [2.24, 2.45) is 0 Å². The highest BCUT2D eigenvalue weighted by Gasteiger charge is 2.09. The number of carbonyl (C=O) groups is 1. The maximum atomic E-state index is 13.5. The fraction of sp³-hybridized carbons (Fsp3) is 0.0714. The molecule has 0 radical (unpaired) electrons. The van der Waals surface area contributed by atoms with Crippen LogP contribution >= 0.6 is 11.6 Å². The van der Waals surface area contributed by atoms with Gasteiger partial charge in [0.2, 0.25) is 0 Å². The summed E-state index contributed by atoms with van der Waals surface area (Å²) in [5, 5.41) is 9.15. The van der Waals surface area contributed by atoms with Gasteiger partial charge in [0.25, 0.3) is 0 Å². The molecule has 0 saturated heterocycles. The molecule has 0 spiro atoms. The fourth-order valence-corrected chi connectivity index (χ4v) is 1.78. The van der Waals surface area contributed by atoms with E-state index in [4.69, 9.17) is 27.2 Å². The maximum Gasteiger partial charge on any atom is 0.337 e. The minimum atomic E-state index is -1.11. The number of ether oxygens (including phenoxy) is 1. The molecule has 0 aliphatic carbocycles. The number of carboxylic acid groups (broad SMARTS) is 1. The summed E-state index contributed by atoms with van der Waals surface area (Å²) >= 11 is 5.65. The summed E-state index contributed by atoms with van der Waals surface area (Å²) in [6.07, 6.45) is 0. The van der Waals surface area contributed by atoms with Crippen molar-refractivity contribution in [1.29, 1.82) is 0 Å². The third-order valence-electron chi connectivity index (χ3n) is 2.66. The largest absolute Gasteiger partial charge is 0.489 e. The molecule has 0 aliphatic heterocycles. The molecule has 0 unspecified atom stereocenters. The number of rotatable bonds is 4. The van der Waals surface area contributed by atoms with E-state index >= 15 is 0 Å². The summed E-state index contributed by atoms with van der Waals surface area (Å²) < 4.78 is 18.9. The quantitative estimate of drug-likeness (QED) is 0.849. The van der Waals surface area contributed by atoms with Crippen LogP contribution in [0.2, 0.25) is 5.02 Å². The second kappa shape index (κ2) is 5.79. The molecule has 3 N–H and O–H groups in total. The minimum Gasteiger partial charge on any atom is -0.489 e. The monoisotopic (exact) mass is 295 g/mol. The molecule has 6 heteroatoms. The number of carboxylic acids is 1. The van der Waals surface area contributed by atoms with Crippen LogP contribution in [-0.4, -0.2) is 11.1 Å². The van der Waals surface area contributed by atoms with Gasteiger partial charge in [0.05, 0.1) is 5.56 Å². The second-order valence-corrected chi connectivity index (χ2v) is 4.52. The Kier molecular flexibility index (Phi) is 4.10. The smallest absolute Gasteiger partial charge is 0.337 e. The molecule has 4 nitrogen and oxygen atoms in total. The van der Waals surface area contributed by atoms with Gasteiger partial charge in [-0.2, -0.15) is 0 Å². The number of nitrogens with two attached hydrogens (primary N) is 1. The maximum absolute atomic E-state index is 13.5. The SMILES string of the molecule is Nc1cc(OCc2ccc(Cl)cc2F)ccc1C(=O)O. The van der Waals surface area contributed by atoms with Crippen molar-refractivity contribution in [2.75, 3.05) is 5.73 Å². The molecule has 0 aromatic heterocycles. The molecule has 2 aromatic rings. The van der Waals surface area contributed by atoms with Crippen molar-refractivity contribution in [1.82, 2.24) is 0 Å². The molecular formula is C14H11ClFNO3. The van der Waals surface area contributed by atoms with E-state index in [9.17, 15) is 9.18 Å². The van der Waals surface area contributed by atoms with Gasteiger partial charge < -0.3 is 15.6 Å². The lowest BCUT2D eigenvalue weighted by molar-refractivity contribution is 0.0698. The van der Waals surface area contributed by atoms with Crippen molar-refractivity contribution in [2.45, 2.75) is 6.61 Å². The number of aromatic carboxylic acids is 1. The van der Waals surface area contributed by atoms with E-state index in [0.717, 1.165) is 0 Å². The predicted molar refractivity (Wildman–Crippen MR) is 73.6 cm³/mol. The zero-order valence-electron chi connectivity index (χ0n) is 10.3. The zero-order valence-corrected chi connectivity index (χ0v) is 11.0. The molecule has 0 aliphatic rings. The first kappa shape index (κ1) is 14.1. The van der Waals surface area contributed by atoms with Crippen molar-refractivity contribution >= 4 is 23.3 Å². The molecule has 0 saturated carbocycles. The Labute approximate surface area is 119 Å². The van der Waals surface area contributed by atoms with Crippen LogP contribution in [0.5, 0.6) is 5.75 Å². The molecule has 20 heavy (non-hydrogen) atoms. The van der Waals surface area contributed by atoms with Crippen LogP contribution in [0.25, 0.3) is 0 Å². The van der Waals surface area contributed by atoms with Crippen molar-refractivity contribution < 1.29 is 19.0 Å². The number of hydrogen-bond acceptors (Lipinski definition) is 3. The average molecular weight is 296 g/mol. The minimum absolute atomic E-state index is 0.00461. The van der Waals surface area contributed by atoms with Gasteiger partial charge in [-0.3, -0.25) is 0 Å². The summed E-state index contributed by atoms with van der Waals surface area (Å²) in [6, 6.07) is 8.47. The van der Waals surface area contributed by atoms with Crippen LogP contribution in [0.4, 0.5) is 10.1 Å². The first-order valence-corrected chi connectivity index (χ1v) is 6.04.